The van der Waals surface area contributed by atoms with E-state index < -0.39 is 0 Å². The Morgan fingerprint density at radius 3 is 2.65 bits per heavy atom. The van der Waals surface area contributed by atoms with Crippen molar-refractivity contribution >= 4 is 23.2 Å². The van der Waals surface area contributed by atoms with Crippen LogP contribution in [-0.4, -0.2) is 23.7 Å². The quantitative estimate of drug-likeness (QED) is 0.926. The summed E-state index contributed by atoms with van der Waals surface area (Å²) < 4.78 is 12.6. The number of amides is 1. The number of halogens is 1. The Balaban J connectivity index is 1.87. The topological polar surface area (TPSA) is 52.5 Å². The number of ether oxygens (including phenoxy) is 2. The Morgan fingerprint density at radius 1 is 1.30 bits per heavy atom. The lowest BCUT2D eigenvalue weighted by atomic mass is 10.2. The van der Waals surface area contributed by atoms with Gasteiger partial charge in [-0.15, -0.1) is 0 Å². The average Bonchev–Trinajstić information content (AvgIpc) is 2.86. The second-order valence-electron chi connectivity index (χ2n) is 4.43. The molecule has 0 spiro atoms. The van der Waals surface area contributed by atoms with E-state index in [1.54, 1.807) is 42.1 Å². The van der Waals surface area contributed by atoms with E-state index in [1.807, 2.05) is 0 Å². The molecule has 104 valence electrons. The Labute approximate surface area is 121 Å². The van der Waals surface area contributed by atoms with Crippen LogP contribution >= 0.6 is 11.6 Å². The van der Waals surface area contributed by atoms with E-state index in [4.69, 9.17) is 21.1 Å². The molecular formula is C14H13ClN2O3. The van der Waals surface area contributed by atoms with Gasteiger partial charge in [0.2, 0.25) is 0 Å². The van der Waals surface area contributed by atoms with E-state index in [2.05, 4.69) is 5.32 Å². The van der Waals surface area contributed by atoms with E-state index >= 15 is 0 Å². The fourth-order valence-electron chi connectivity index (χ4n) is 2.04. The van der Waals surface area contributed by atoms with Crippen molar-refractivity contribution in [3.63, 3.8) is 0 Å². The van der Waals surface area contributed by atoms with Gasteiger partial charge in [-0.2, -0.15) is 0 Å². The standard InChI is InChI=1S/C14H13ClN2O3/c1-17-4-2-3-11(17)14(18)16-10-8-13-12(7-9(10)15)19-5-6-20-13/h2-4,7-8H,5-6H2,1H3,(H,16,18). The number of benzene rings is 1. The molecular weight excluding hydrogens is 280 g/mol. The molecule has 2 aromatic rings. The third-order valence-corrected chi connectivity index (χ3v) is 3.37. The van der Waals surface area contributed by atoms with E-state index in [0.717, 1.165) is 0 Å². The molecule has 0 aliphatic carbocycles. The van der Waals surface area contributed by atoms with Crippen LogP contribution in [0.25, 0.3) is 0 Å². The van der Waals surface area contributed by atoms with E-state index in [9.17, 15) is 4.79 Å². The number of hydrogen-bond donors (Lipinski definition) is 1. The van der Waals surface area contributed by atoms with Gasteiger partial charge in [-0.25, -0.2) is 0 Å². The monoisotopic (exact) mass is 292 g/mol. The van der Waals surface area contributed by atoms with Crippen molar-refractivity contribution in [1.29, 1.82) is 0 Å². The summed E-state index contributed by atoms with van der Waals surface area (Å²) in [6.07, 6.45) is 1.81. The minimum Gasteiger partial charge on any atom is -0.486 e. The summed E-state index contributed by atoms with van der Waals surface area (Å²) in [5.41, 5.74) is 1.05. The molecule has 0 unspecified atom stereocenters. The number of nitrogens with zero attached hydrogens (tertiary/aromatic N) is 1. The van der Waals surface area contributed by atoms with Gasteiger partial charge in [0.25, 0.3) is 5.91 Å². The van der Waals surface area contributed by atoms with Crippen molar-refractivity contribution in [3.05, 3.63) is 41.2 Å². The van der Waals surface area contributed by atoms with Crippen LogP contribution in [-0.2, 0) is 7.05 Å². The first kappa shape index (κ1) is 12.9. The molecule has 1 amide bonds. The maximum absolute atomic E-state index is 12.2. The molecule has 20 heavy (non-hydrogen) atoms. The third-order valence-electron chi connectivity index (χ3n) is 3.06. The molecule has 1 N–H and O–H groups in total. The van der Waals surface area contributed by atoms with Gasteiger partial charge in [-0.3, -0.25) is 4.79 Å². The Bertz CT molecular complexity index is 666. The van der Waals surface area contributed by atoms with Crippen molar-refractivity contribution in [3.8, 4) is 11.5 Å². The molecule has 5 nitrogen and oxygen atoms in total. The molecule has 0 radical (unpaired) electrons. The molecule has 0 fully saturated rings. The van der Waals surface area contributed by atoms with Crippen LogP contribution in [0.2, 0.25) is 5.02 Å². The predicted molar refractivity (Wildman–Crippen MR) is 75.8 cm³/mol. The summed E-state index contributed by atoms with van der Waals surface area (Å²) in [4.78, 5) is 12.2. The van der Waals surface area contributed by atoms with Gasteiger partial charge >= 0.3 is 0 Å². The average molecular weight is 293 g/mol. The SMILES string of the molecule is Cn1cccc1C(=O)Nc1cc2c(cc1Cl)OCCO2. The van der Waals surface area contributed by atoms with Crippen molar-refractivity contribution in [2.75, 3.05) is 18.5 Å². The Morgan fingerprint density at radius 2 is 2.00 bits per heavy atom. The number of anilines is 1. The van der Waals surface area contributed by atoms with E-state index in [1.165, 1.54) is 0 Å². The van der Waals surface area contributed by atoms with Crippen LogP contribution in [0.3, 0.4) is 0 Å². The third kappa shape index (κ3) is 2.32. The minimum absolute atomic E-state index is 0.226. The zero-order valence-electron chi connectivity index (χ0n) is 10.9. The van der Waals surface area contributed by atoms with Crippen LogP contribution in [0.5, 0.6) is 11.5 Å². The van der Waals surface area contributed by atoms with Crippen LogP contribution in [0.15, 0.2) is 30.5 Å². The Kier molecular flexibility index (Phi) is 3.28. The number of aromatic nitrogens is 1. The summed E-state index contributed by atoms with van der Waals surface area (Å²) in [5.74, 6) is 0.956. The first-order chi connectivity index (χ1) is 9.65. The van der Waals surface area contributed by atoms with Gasteiger partial charge in [0, 0.05) is 25.4 Å². The molecule has 6 heteroatoms. The molecule has 0 saturated carbocycles. The first-order valence-electron chi connectivity index (χ1n) is 6.17. The van der Waals surface area contributed by atoms with Gasteiger partial charge in [0.05, 0.1) is 10.7 Å². The minimum atomic E-state index is -0.226. The number of aryl methyl sites for hydroxylation is 1. The number of fused-ring (bicyclic) bond motifs is 1. The van der Waals surface area contributed by atoms with E-state index in [0.29, 0.717) is 41.1 Å². The van der Waals surface area contributed by atoms with Crippen molar-refractivity contribution < 1.29 is 14.3 Å². The van der Waals surface area contributed by atoms with Gasteiger partial charge in [0.1, 0.15) is 18.9 Å². The molecule has 1 aliphatic heterocycles. The molecule has 0 atom stereocenters. The number of carbonyl (C=O) groups excluding carboxylic acids is 1. The highest BCUT2D eigenvalue weighted by molar-refractivity contribution is 6.34. The van der Waals surface area contributed by atoms with Crippen molar-refractivity contribution in [2.45, 2.75) is 0 Å². The molecule has 3 rings (SSSR count). The molecule has 0 saturated heterocycles. The number of rotatable bonds is 2. The largest absolute Gasteiger partial charge is 0.486 e. The molecule has 1 aromatic carbocycles. The molecule has 1 aliphatic rings. The molecule has 0 bridgehead atoms. The fourth-order valence-corrected chi connectivity index (χ4v) is 2.24. The lowest BCUT2D eigenvalue weighted by Crippen LogP contribution is -2.18. The van der Waals surface area contributed by atoms with Gasteiger partial charge in [0.15, 0.2) is 11.5 Å². The summed E-state index contributed by atoms with van der Waals surface area (Å²) in [6.45, 7) is 0.984. The van der Waals surface area contributed by atoms with Crippen LogP contribution in [0.4, 0.5) is 5.69 Å². The van der Waals surface area contributed by atoms with Crippen LogP contribution in [0, 0.1) is 0 Å². The lowest BCUT2D eigenvalue weighted by molar-refractivity contribution is 0.101. The highest BCUT2D eigenvalue weighted by Gasteiger charge is 2.17. The number of nitrogens with one attached hydrogen (secondary N) is 1. The maximum Gasteiger partial charge on any atom is 0.272 e. The normalized spacial score (nSPS) is 13.1. The second kappa shape index (κ2) is 5.09. The zero-order chi connectivity index (χ0) is 14.1. The predicted octanol–water partition coefficient (Wildman–Crippen LogP) is 2.70. The highest BCUT2D eigenvalue weighted by atomic mass is 35.5. The summed E-state index contributed by atoms with van der Waals surface area (Å²) >= 11 is 6.15. The number of carbonyl (C=O) groups is 1. The van der Waals surface area contributed by atoms with Gasteiger partial charge in [-0.05, 0) is 12.1 Å². The van der Waals surface area contributed by atoms with Crippen molar-refractivity contribution in [1.82, 2.24) is 4.57 Å². The van der Waals surface area contributed by atoms with Crippen molar-refractivity contribution in [2.24, 2.45) is 7.05 Å². The first-order valence-corrected chi connectivity index (χ1v) is 6.55. The highest BCUT2D eigenvalue weighted by Crippen LogP contribution is 2.38. The lowest BCUT2D eigenvalue weighted by Gasteiger charge is -2.20. The van der Waals surface area contributed by atoms with Crippen LogP contribution < -0.4 is 14.8 Å². The second-order valence-corrected chi connectivity index (χ2v) is 4.84. The number of hydrogen-bond acceptors (Lipinski definition) is 3. The Hall–Kier alpha value is -2.14. The van der Waals surface area contributed by atoms with E-state index in [-0.39, 0.29) is 5.91 Å². The van der Waals surface area contributed by atoms with Crippen LogP contribution in [0.1, 0.15) is 10.5 Å². The van der Waals surface area contributed by atoms with Gasteiger partial charge < -0.3 is 19.4 Å². The zero-order valence-corrected chi connectivity index (χ0v) is 11.6. The fraction of sp³-hybridized carbons (Fsp3) is 0.214. The summed E-state index contributed by atoms with van der Waals surface area (Å²) in [5, 5.41) is 3.19. The summed E-state index contributed by atoms with van der Waals surface area (Å²) in [6, 6.07) is 6.87. The molecule has 1 aromatic heterocycles. The van der Waals surface area contributed by atoms with Gasteiger partial charge in [-0.1, -0.05) is 11.6 Å². The smallest absolute Gasteiger partial charge is 0.272 e. The summed E-state index contributed by atoms with van der Waals surface area (Å²) in [7, 11) is 1.81. The maximum atomic E-state index is 12.2. The molecule has 2 heterocycles.